The Labute approximate surface area is 217 Å². The van der Waals surface area contributed by atoms with Crippen LogP contribution in [0.25, 0.3) is 0 Å². The largest absolute Gasteiger partial charge is 0.484 e. The lowest BCUT2D eigenvalue weighted by Crippen LogP contribution is -2.26. The minimum atomic E-state index is -3.66. The number of ether oxygens (including phenoxy) is 1. The lowest BCUT2D eigenvalue weighted by Gasteiger charge is -2.20. The van der Waals surface area contributed by atoms with E-state index in [1.807, 2.05) is 0 Å². The number of thiophene rings is 1. The van der Waals surface area contributed by atoms with Gasteiger partial charge in [-0.15, -0.1) is 11.3 Å². The Morgan fingerprint density at radius 3 is 2.22 bits per heavy atom. The van der Waals surface area contributed by atoms with Gasteiger partial charge in [-0.25, -0.2) is 8.42 Å². The maximum absolute atomic E-state index is 13.1. The van der Waals surface area contributed by atoms with Gasteiger partial charge in [0.15, 0.2) is 18.2 Å². The molecule has 37 heavy (non-hydrogen) atoms. The molecule has 0 fully saturated rings. The fraction of sp³-hybridized carbons (Fsp3) is 0.0741. The first-order valence-electron chi connectivity index (χ1n) is 11.1. The summed E-state index contributed by atoms with van der Waals surface area (Å²) in [6.45, 7) is -0.356. The molecule has 0 radical (unpaired) electrons. The van der Waals surface area contributed by atoms with Crippen molar-refractivity contribution in [1.29, 1.82) is 0 Å². The number of hydrogen-bond acceptors (Lipinski definition) is 7. The number of amides is 1. The van der Waals surface area contributed by atoms with Crippen molar-refractivity contribution in [2.24, 2.45) is 0 Å². The topological polar surface area (TPSA) is 110 Å². The molecule has 0 saturated heterocycles. The third-order valence-electron chi connectivity index (χ3n) is 5.91. The van der Waals surface area contributed by atoms with E-state index in [9.17, 15) is 22.8 Å². The average Bonchev–Trinajstić information content (AvgIpc) is 3.47. The molecular weight excluding hydrogens is 512 g/mol. The minimum Gasteiger partial charge on any atom is -0.484 e. The molecule has 1 aliphatic rings. The molecule has 1 heterocycles. The van der Waals surface area contributed by atoms with E-state index < -0.39 is 15.9 Å². The summed E-state index contributed by atoms with van der Waals surface area (Å²) in [7, 11) is -2.20. The smallest absolute Gasteiger partial charge is 0.273 e. The quantitative estimate of drug-likeness (QED) is 0.333. The van der Waals surface area contributed by atoms with E-state index in [1.54, 1.807) is 84.2 Å². The summed E-state index contributed by atoms with van der Waals surface area (Å²) in [6.07, 6.45) is 0. The SMILES string of the molecule is CN(c1ccc(OCC(=O)Nc2cccc3c2C(=O)c2ccccc2C3=O)cc1)S(=O)(=O)c1cccs1. The van der Waals surface area contributed by atoms with E-state index in [4.69, 9.17) is 4.74 Å². The van der Waals surface area contributed by atoms with Crippen LogP contribution in [0.1, 0.15) is 31.8 Å². The zero-order chi connectivity index (χ0) is 26.2. The Morgan fingerprint density at radius 1 is 0.865 bits per heavy atom. The number of carbonyl (C=O) groups is 3. The third kappa shape index (κ3) is 4.52. The highest BCUT2D eigenvalue weighted by Crippen LogP contribution is 2.32. The summed E-state index contributed by atoms with van der Waals surface area (Å²) in [5.74, 6) is -0.770. The first-order valence-corrected chi connectivity index (χ1v) is 13.5. The molecule has 0 aliphatic heterocycles. The van der Waals surface area contributed by atoms with Gasteiger partial charge in [0, 0.05) is 23.7 Å². The fourth-order valence-corrected chi connectivity index (χ4v) is 6.38. The average molecular weight is 533 g/mol. The fourth-order valence-electron chi connectivity index (χ4n) is 4.02. The third-order valence-corrected chi connectivity index (χ3v) is 9.07. The van der Waals surface area contributed by atoms with Crippen LogP contribution in [0.15, 0.2) is 88.5 Å². The zero-order valence-electron chi connectivity index (χ0n) is 19.5. The van der Waals surface area contributed by atoms with Crippen molar-refractivity contribution in [2.75, 3.05) is 23.3 Å². The number of fused-ring (bicyclic) bond motifs is 2. The zero-order valence-corrected chi connectivity index (χ0v) is 21.1. The van der Waals surface area contributed by atoms with Crippen LogP contribution in [-0.4, -0.2) is 39.5 Å². The predicted octanol–water partition coefficient (Wildman–Crippen LogP) is 4.37. The Hall–Kier alpha value is -4.28. The molecule has 0 saturated carbocycles. The van der Waals surface area contributed by atoms with E-state index in [0.29, 0.717) is 22.6 Å². The van der Waals surface area contributed by atoms with E-state index in [2.05, 4.69) is 5.32 Å². The Bertz CT molecular complexity index is 1630. The molecule has 5 rings (SSSR count). The van der Waals surface area contributed by atoms with Crippen LogP contribution < -0.4 is 14.4 Å². The normalized spacial score (nSPS) is 12.5. The molecule has 3 aromatic carbocycles. The lowest BCUT2D eigenvalue weighted by atomic mass is 9.83. The molecular formula is C27H20N2O6S2. The van der Waals surface area contributed by atoms with Gasteiger partial charge in [-0.2, -0.15) is 0 Å². The van der Waals surface area contributed by atoms with Crippen molar-refractivity contribution in [3.8, 4) is 5.75 Å². The maximum atomic E-state index is 13.1. The summed E-state index contributed by atoms with van der Waals surface area (Å²) in [4.78, 5) is 38.6. The molecule has 186 valence electrons. The maximum Gasteiger partial charge on any atom is 0.273 e. The van der Waals surface area contributed by atoms with Gasteiger partial charge in [0.1, 0.15) is 9.96 Å². The van der Waals surface area contributed by atoms with Gasteiger partial charge < -0.3 is 10.1 Å². The van der Waals surface area contributed by atoms with E-state index in [1.165, 1.54) is 11.4 Å². The molecule has 10 heteroatoms. The van der Waals surface area contributed by atoms with Crippen molar-refractivity contribution in [1.82, 2.24) is 0 Å². The van der Waals surface area contributed by atoms with Crippen LogP contribution in [0.5, 0.6) is 5.75 Å². The van der Waals surface area contributed by atoms with Gasteiger partial charge in [-0.1, -0.05) is 42.5 Å². The molecule has 1 amide bonds. The number of sulfonamides is 1. The van der Waals surface area contributed by atoms with Crippen LogP contribution in [0.4, 0.5) is 11.4 Å². The van der Waals surface area contributed by atoms with Crippen LogP contribution in [-0.2, 0) is 14.8 Å². The lowest BCUT2D eigenvalue weighted by molar-refractivity contribution is -0.118. The summed E-state index contributed by atoms with van der Waals surface area (Å²) in [5, 5.41) is 4.36. The Balaban J connectivity index is 1.26. The molecule has 0 bridgehead atoms. The van der Waals surface area contributed by atoms with Gasteiger partial charge in [0.05, 0.1) is 16.9 Å². The van der Waals surface area contributed by atoms with Crippen LogP contribution in [0, 0.1) is 0 Å². The molecule has 8 nitrogen and oxygen atoms in total. The van der Waals surface area contributed by atoms with Crippen molar-refractivity contribution < 1.29 is 27.5 Å². The first-order chi connectivity index (χ1) is 17.8. The molecule has 1 N–H and O–H groups in total. The van der Waals surface area contributed by atoms with E-state index in [-0.39, 0.29) is 39.2 Å². The summed E-state index contributed by atoms with van der Waals surface area (Å²) in [6, 6.07) is 20.8. The number of rotatable bonds is 7. The molecule has 1 aromatic heterocycles. The Kier molecular flexibility index (Phi) is 6.36. The number of anilines is 2. The van der Waals surface area contributed by atoms with E-state index in [0.717, 1.165) is 11.3 Å². The number of nitrogens with zero attached hydrogens (tertiary/aromatic N) is 1. The van der Waals surface area contributed by atoms with Gasteiger partial charge in [0.2, 0.25) is 0 Å². The molecule has 0 atom stereocenters. The number of nitrogens with one attached hydrogen (secondary N) is 1. The van der Waals surface area contributed by atoms with Crippen molar-refractivity contribution >= 4 is 50.2 Å². The summed E-state index contributed by atoms with van der Waals surface area (Å²) < 4.78 is 32.3. The number of hydrogen-bond donors (Lipinski definition) is 1. The van der Waals surface area contributed by atoms with E-state index >= 15 is 0 Å². The van der Waals surface area contributed by atoms with Crippen molar-refractivity contribution in [3.05, 3.63) is 106 Å². The van der Waals surface area contributed by atoms with Crippen LogP contribution in [0.3, 0.4) is 0 Å². The second kappa shape index (κ2) is 9.64. The number of carbonyl (C=O) groups excluding carboxylic acids is 3. The van der Waals surface area contributed by atoms with Crippen LogP contribution in [0.2, 0.25) is 0 Å². The standard InChI is InChI=1S/C27H20N2O6S2/c1-29(37(33,34)24-10-5-15-36-24)17-11-13-18(14-12-17)35-16-23(30)28-22-9-4-8-21-25(22)27(32)20-7-3-2-6-19(20)26(21)31/h2-15H,16H2,1H3,(H,28,30). The molecule has 1 aliphatic carbocycles. The molecule has 0 unspecified atom stereocenters. The van der Waals surface area contributed by atoms with Gasteiger partial charge in [-0.05, 0) is 41.8 Å². The summed E-state index contributed by atoms with van der Waals surface area (Å²) in [5.41, 5.74) is 1.69. The highest BCUT2D eigenvalue weighted by molar-refractivity contribution is 7.94. The first kappa shape index (κ1) is 24.4. The predicted molar refractivity (Wildman–Crippen MR) is 140 cm³/mol. The number of benzene rings is 3. The minimum absolute atomic E-state index is 0.152. The van der Waals surface area contributed by atoms with Gasteiger partial charge in [0.25, 0.3) is 15.9 Å². The highest BCUT2D eigenvalue weighted by Gasteiger charge is 2.31. The second-order valence-electron chi connectivity index (χ2n) is 8.17. The Morgan fingerprint density at radius 2 is 1.54 bits per heavy atom. The number of ketones is 2. The van der Waals surface area contributed by atoms with Gasteiger partial charge >= 0.3 is 0 Å². The van der Waals surface area contributed by atoms with Gasteiger partial charge in [-0.3, -0.25) is 18.7 Å². The highest BCUT2D eigenvalue weighted by atomic mass is 32.2. The second-order valence-corrected chi connectivity index (χ2v) is 11.3. The van der Waals surface area contributed by atoms with Crippen molar-refractivity contribution in [2.45, 2.75) is 4.21 Å². The molecule has 0 spiro atoms. The van der Waals surface area contributed by atoms with Crippen molar-refractivity contribution in [3.63, 3.8) is 0 Å². The van der Waals surface area contributed by atoms with Crippen LogP contribution >= 0.6 is 11.3 Å². The molecule has 4 aromatic rings. The summed E-state index contributed by atoms with van der Waals surface area (Å²) >= 11 is 1.13. The monoisotopic (exact) mass is 532 g/mol.